The number of aromatic nitrogens is 3. The van der Waals surface area contributed by atoms with Crippen molar-refractivity contribution in [2.45, 2.75) is 0 Å². The molecule has 0 saturated carbocycles. The van der Waals surface area contributed by atoms with Crippen molar-refractivity contribution in [3.63, 3.8) is 0 Å². The Hall–Kier alpha value is -5.54. The van der Waals surface area contributed by atoms with Gasteiger partial charge in [0.2, 0.25) is 0 Å². The second-order valence-corrected chi connectivity index (χ2v) is 10.6. The van der Waals surface area contributed by atoms with Gasteiger partial charge in [-0.2, -0.15) is 0 Å². The van der Waals surface area contributed by atoms with Gasteiger partial charge in [-0.15, -0.1) is 0 Å². The van der Waals surface area contributed by atoms with E-state index in [1.54, 1.807) is 12.4 Å². The van der Waals surface area contributed by atoms with E-state index in [0.29, 0.717) is 0 Å². The molecule has 41 heavy (non-hydrogen) atoms. The van der Waals surface area contributed by atoms with Gasteiger partial charge in [-0.1, -0.05) is 97.1 Å². The van der Waals surface area contributed by atoms with E-state index in [9.17, 15) is 0 Å². The van der Waals surface area contributed by atoms with Crippen molar-refractivity contribution in [2.75, 3.05) is 0 Å². The SMILES string of the molecule is c1ccc2c(c1)-c1ccccc1-c1ccc3nccnc3c1-c1ccc(-n3c4ccccc4c4ccccc43)cc1-2. The number of hydrogen-bond acceptors (Lipinski definition) is 2. The molecular formula is C38H23N3. The van der Waals surface area contributed by atoms with Crippen molar-refractivity contribution < 1.29 is 0 Å². The van der Waals surface area contributed by atoms with Crippen LogP contribution in [-0.4, -0.2) is 14.5 Å². The summed E-state index contributed by atoms with van der Waals surface area (Å²) in [6.45, 7) is 0. The fourth-order valence-corrected chi connectivity index (χ4v) is 6.75. The highest BCUT2D eigenvalue weighted by atomic mass is 15.0. The molecule has 0 aliphatic heterocycles. The van der Waals surface area contributed by atoms with E-state index in [1.807, 2.05) is 0 Å². The molecule has 8 aromatic rings. The highest BCUT2D eigenvalue weighted by Crippen LogP contribution is 2.49. The molecule has 1 aliphatic carbocycles. The van der Waals surface area contributed by atoms with Crippen LogP contribution in [0.4, 0.5) is 0 Å². The lowest BCUT2D eigenvalue weighted by Gasteiger charge is -2.24. The van der Waals surface area contributed by atoms with E-state index in [4.69, 9.17) is 4.98 Å². The van der Waals surface area contributed by atoms with Crippen molar-refractivity contribution in [2.24, 2.45) is 0 Å². The van der Waals surface area contributed by atoms with Crippen molar-refractivity contribution in [1.82, 2.24) is 14.5 Å². The molecule has 0 radical (unpaired) electrons. The molecule has 9 rings (SSSR count). The van der Waals surface area contributed by atoms with E-state index in [0.717, 1.165) is 27.8 Å². The van der Waals surface area contributed by atoms with Crippen molar-refractivity contribution in [3.05, 3.63) is 140 Å². The molecule has 0 unspecified atom stereocenters. The van der Waals surface area contributed by atoms with Crippen molar-refractivity contribution >= 4 is 32.8 Å². The van der Waals surface area contributed by atoms with Crippen LogP contribution in [0, 0.1) is 0 Å². The van der Waals surface area contributed by atoms with Crippen LogP contribution < -0.4 is 0 Å². The lowest BCUT2D eigenvalue weighted by Crippen LogP contribution is -2.01. The minimum atomic E-state index is 0.898. The summed E-state index contributed by atoms with van der Waals surface area (Å²) in [6.07, 6.45) is 3.57. The molecule has 3 nitrogen and oxygen atoms in total. The molecule has 2 heterocycles. The number of benzene rings is 6. The molecule has 0 amide bonds. The van der Waals surface area contributed by atoms with Gasteiger partial charge < -0.3 is 4.57 Å². The minimum absolute atomic E-state index is 0.898. The molecule has 0 saturated heterocycles. The Bertz CT molecular complexity index is 2270. The normalized spacial score (nSPS) is 11.9. The molecule has 1 aliphatic rings. The average molecular weight is 522 g/mol. The van der Waals surface area contributed by atoms with Crippen LogP contribution in [0.5, 0.6) is 0 Å². The zero-order valence-corrected chi connectivity index (χ0v) is 22.1. The van der Waals surface area contributed by atoms with Gasteiger partial charge in [0.25, 0.3) is 0 Å². The number of rotatable bonds is 1. The lowest BCUT2D eigenvalue weighted by atomic mass is 9.80. The second-order valence-electron chi connectivity index (χ2n) is 10.6. The van der Waals surface area contributed by atoms with Crippen LogP contribution in [-0.2, 0) is 0 Å². The van der Waals surface area contributed by atoms with Crippen molar-refractivity contribution in [3.8, 4) is 50.2 Å². The predicted octanol–water partition coefficient (Wildman–Crippen LogP) is 9.71. The van der Waals surface area contributed by atoms with E-state index in [1.165, 1.54) is 55.2 Å². The van der Waals surface area contributed by atoms with E-state index >= 15 is 0 Å². The highest BCUT2D eigenvalue weighted by Gasteiger charge is 2.25. The fourth-order valence-electron chi connectivity index (χ4n) is 6.75. The first kappa shape index (κ1) is 22.3. The first-order valence-electron chi connectivity index (χ1n) is 13.9. The molecule has 3 heteroatoms. The second kappa shape index (κ2) is 8.48. The topological polar surface area (TPSA) is 30.7 Å². The number of fused-ring (bicyclic) bond motifs is 13. The van der Waals surface area contributed by atoms with Gasteiger partial charge in [-0.25, -0.2) is 0 Å². The fraction of sp³-hybridized carbons (Fsp3) is 0. The molecule has 0 bridgehead atoms. The lowest BCUT2D eigenvalue weighted by molar-refractivity contribution is 1.18. The maximum absolute atomic E-state index is 4.88. The Kier molecular flexibility index (Phi) is 4.61. The summed E-state index contributed by atoms with van der Waals surface area (Å²) in [4.78, 5) is 9.56. The number of nitrogens with zero attached hydrogens (tertiary/aromatic N) is 3. The third-order valence-electron chi connectivity index (χ3n) is 8.48. The summed E-state index contributed by atoms with van der Waals surface area (Å²) < 4.78 is 2.39. The molecule has 190 valence electrons. The van der Waals surface area contributed by atoms with E-state index in [-0.39, 0.29) is 0 Å². The van der Waals surface area contributed by atoms with E-state index in [2.05, 4.69) is 137 Å². The standard InChI is InChI=1S/C38H23N3/c1-3-11-27-25(9-1)26-10-2-4-12-28(26)33-23-24(41-35-15-7-5-13-29(35)30-14-6-8-16-36(30)41)17-18-32(33)37-31(27)19-20-34-38(37)40-22-21-39-34/h1-23H. The van der Waals surface area contributed by atoms with Gasteiger partial charge in [-0.3, -0.25) is 9.97 Å². The Balaban J connectivity index is 1.44. The van der Waals surface area contributed by atoms with Crippen LogP contribution >= 0.6 is 0 Å². The Morgan fingerprint density at radius 3 is 1.63 bits per heavy atom. The van der Waals surface area contributed by atoms with Gasteiger partial charge in [0.05, 0.1) is 22.1 Å². The molecule has 0 fully saturated rings. The summed E-state index contributed by atoms with van der Waals surface area (Å²) in [5.74, 6) is 0. The van der Waals surface area contributed by atoms with Gasteiger partial charge in [-0.05, 0) is 69.3 Å². The molecule has 0 atom stereocenters. The van der Waals surface area contributed by atoms with Crippen LogP contribution in [0.3, 0.4) is 0 Å². The number of hydrogen-bond donors (Lipinski definition) is 0. The first-order valence-corrected chi connectivity index (χ1v) is 13.9. The summed E-state index contributed by atoms with van der Waals surface area (Å²) in [5, 5.41) is 2.52. The Labute approximate surface area is 237 Å². The van der Waals surface area contributed by atoms with Crippen molar-refractivity contribution in [1.29, 1.82) is 0 Å². The van der Waals surface area contributed by atoms with Crippen LogP contribution in [0.2, 0.25) is 0 Å². The molecule has 0 spiro atoms. The van der Waals surface area contributed by atoms with Gasteiger partial charge >= 0.3 is 0 Å². The summed E-state index contributed by atoms with van der Waals surface area (Å²) >= 11 is 0. The van der Waals surface area contributed by atoms with E-state index < -0.39 is 0 Å². The average Bonchev–Trinajstić information content (AvgIpc) is 3.38. The molecule has 6 aromatic carbocycles. The molecule has 2 aromatic heterocycles. The monoisotopic (exact) mass is 521 g/mol. The first-order chi connectivity index (χ1) is 20.4. The summed E-state index contributed by atoms with van der Waals surface area (Å²) in [7, 11) is 0. The van der Waals surface area contributed by atoms with Gasteiger partial charge in [0, 0.05) is 34.4 Å². The largest absolute Gasteiger partial charge is 0.309 e. The zero-order valence-electron chi connectivity index (χ0n) is 22.1. The summed E-state index contributed by atoms with van der Waals surface area (Å²) in [5.41, 5.74) is 14.9. The maximum atomic E-state index is 4.88. The summed E-state index contributed by atoms with van der Waals surface area (Å²) in [6, 6.07) is 46.1. The third-order valence-corrected chi connectivity index (χ3v) is 8.48. The molecular weight excluding hydrogens is 498 g/mol. The Morgan fingerprint density at radius 1 is 0.415 bits per heavy atom. The highest BCUT2D eigenvalue weighted by molar-refractivity contribution is 6.11. The maximum Gasteiger partial charge on any atom is 0.0971 e. The van der Waals surface area contributed by atoms with Crippen LogP contribution in [0.1, 0.15) is 0 Å². The predicted molar refractivity (Wildman–Crippen MR) is 169 cm³/mol. The quantitative estimate of drug-likeness (QED) is 0.215. The third kappa shape index (κ3) is 3.14. The van der Waals surface area contributed by atoms with Crippen LogP contribution in [0.25, 0.3) is 83.0 Å². The minimum Gasteiger partial charge on any atom is -0.309 e. The number of para-hydroxylation sites is 2. The van der Waals surface area contributed by atoms with Crippen LogP contribution in [0.15, 0.2) is 140 Å². The smallest absolute Gasteiger partial charge is 0.0971 e. The van der Waals surface area contributed by atoms with Gasteiger partial charge in [0.1, 0.15) is 0 Å². The molecule has 0 N–H and O–H groups in total. The zero-order chi connectivity index (χ0) is 26.9. The Morgan fingerprint density at radius 2 is 0.951 bits per heavy atom. The van der Waals surface area contributed by atoms with Gasteiger partial charge in [0.15, 0.2) is 0 Å².